The van der Waals surface area contributed by atoms with E-state index in [0.29, 0.717) is 25.4 Å². The molecular formula is C21H26N4O2. The van der Waals surface area contributed by atoms with Gasteiger partial charge in [-0.25, -0.2) is 0 Å². The quantitative estimate of drug-likeness (QED) is 0.870. The molecule has 1 aromatic carbocycles. The molecule has 2 heterocycles. The van der Waals surface area contributed by atoms with Gasteiger partial charge in [-0.05, 0) is 43.1 Å². The predicted molar refractivity (Wildman–Crippen MR) is 100 cm³/mol. The van der Waals surface area contributed by atoms with Crippen molar-refractivity contribution in [2.45, 2.75) is 50.2 Å². The Hall–Kier alpha value is -2.39. The molecule has 3 fully saturated rings. The number of nitrogens with two attached hydrogens (primary N) is 1. The number of fused-ring (bicyclic) bond motifs is 1. The molecule has 142 valence electrons. The van der Waals surface area contributed by atoms with E-state index in [0.717, 1.165) is 31.2 Å². The Bertz CT molecular complexity index is 751. The maximum absolute atomic E-state index is 12.9. The Kier molecular flexibility index (Phi) is 4.88. The van der Waals surface area contributed by atoms with Crippen molar-refractivity contribution in [2.24, 2.45) is 17.6 Å². The SMILES string of the molecule is N#C[C@@H]1C[C@@H]2C[C@@H]2N1C(=O)[C@@H](N)C1CCN(C(=O)Cc2ccccc2)CC1. The van der Waals surface area contributed by atoms with Crippen LogP contribution in [0.2, 0.25) is 0 Å². The third kappa shape index (κ3) is 3.57. The van der Waals surface area contributed by atoms with Crippen LogP contribution in [0.15, 0.2) is 30.3 Å². The highest BCUT2D eigenvalue weighted by molar-refractivity contribution is 5.84. The van der Waals surface area contributed by atoms with Crippen LogP contribution >= 0.6 is 0 Å². The van der Waals surface area contributed by atoms with Gasteiger partial charge in [0, 0.05) is 19.1 Å². The largest absolute Gasteiger partial charge is 0.342 e. The first-order chi connectivity index (χ1) is 13.1. The molecule has 2 saturated heterocycles. The lowest BCUT2D eigenvalue weighted by Crippen LogP contribution is -2.53. The summed E-state index contributed by atoms with van der Waals surface area (Å²) in [4.78, 5) is 29.0. The number of likely N-dealkylation sites (tertiary alicyclic amines) is 2. The first kappa shape index (κ1) is 18.0. The highest BCUT2D eigenvalue weighted by atomic mass is 16.2. The molecule has 0 radical (unpaired) electrons. The van der Waals surface area contributed by atoms with Crippen LogP contribution in [0.4, 0.5) is 0 Å². The van der Waals surface area contributed by atoms with E-state index in [4.69, 9.17) is 5.73 Å². The molecule has 2 aliphatic heterocycles. The zero-order valence-corrected chi connectivity index (χ0v) is 15.5. The topological polar surface area (TPSA) is 90.4 Å². The lowest BCUT2D eigenvalue weighted by atomic mass is 9.88. The number of amides is 2. The zero-order valence-electron chi connectivity index (χ0n) is 15.5. The average molecular weight is 366 g/mol. The molecule has 2 amide bonds. The molecule has 27 heavy (non-hydrogen) atoms. The third-order valence-corrected chi connectivity index (χ3v) is 6.39. The molecular weight excluding hydrogens is 340 g/mol. The van der Waals surface area contributed by atoms with Crippen molar-refractivity contribution >= 4 is 11.8 Å². The number of nitrogens with zero attached hydrogens (tertiary/aromatic N) is 3. The fourth-order valence-electron chi connectivity index (χ4n) is 4.65. The minimum absolute atomic E-state index is 0.0689. The molecule has 1 saturated carbocycles. The van der Waals surface area contributed by atoms with Crippen molar-refractivity contribution in [1.29, 1.82) is 5.26 Å². The van der Waals surface area contributed by atoms with Crippen molar-refractivity contribution in [1.82, 2.24) is 9.80 Å². The number of hydrogen-bond acceptors (Lipinski definition) is 4. The Morgan fingerprint density at radius 1 is 1.19 bits per heavy atom. The fourth-order valence-corrected chi connectivity index (χ4v) is 4.65. The van der Waals surface area contributed by atoms with E-state index in [9.17, 15) is 14.9 Å². The summed E-state index contributed by atoms with van der Waals surface area (Å²) in [5, 5.41) is 9.30. The van der Waals surface area contributed by atoms with Crippen LogP contribution in [-0.4, -0.2) is 52.8 Å². The number of hydrogen-bond donors (Lipinski definition) is 1. The molecule has 0 spiro atoms. The van der Waals surface area contributed by atoms with Gasteiger partial charge in [0.15, 0.2) is 0 Å². The molecule has 6 nitrogen and oxygen atoms in total. The van der Waals surface area contributed by atoms with Crippen molar-refractivity contribution in [3.8, 4) is 6.07 Å². The number of piperidine rings is 2. The van der Waals surface area contributed by atoms with Crippen LogP contribution in [0.1, 0.15) is 31.2 Å². The normalized spacial score (nSPS) is 28.4. The molecule has 1 aliphatic carbocycles. The van der Waals surface area contributed by atoms with Gasteiger partial charge in [-0.1, -0.05) is 30.3 Å². The van der Waals surface area contributed by atoms with Crippen molar-refractivity contribution in [3.05, 3.63) is 35.9 Å². The molecule has 0 bridgehead atoms. The number of rotatable bonds is 4. The van der Waals surface area contributed by atoms with Crippen LogP contribution in [0.25, 0.3) is 0 Å². The molecule has 1 aromatic rings. The molecule has 0 unspecified atom stereocenters. The highest BCUT2D eigenvalue weighted by Crippen LogP contribution is 2.48. The maximum Gasteiger partial charge on any atom is 0.241 e. The molecule has 4 atom stereocenters. The molecule has 6 heteroatoms. The molecule has 4 rings (SSSR count). The van der Waals surface area contributed by atoms with E-state index in [1.165, 1.54) is 0 Å². The van der Waals surface area contributed by atoms with Gasteiger partial charge in [-0.3, -0.25) is 9.59 Å². The van der Waals surface area contributed by atoms with E-state index < -0.39 is 6.04 Å². The Labute approximate surface area is 159 Å². The standard InChI is InChI=1S/C21H26N4O2/c22-13-17-11-16-12-18(16)25(17)21(27)20(23)15-6-8-24(9-7-15)19(26)10-14-4-2-1-3-5-14/h1-5,15-18,20H,6-12,23H2/t16-,17+,18+,20+/m1/s1. The van der Waals surface area contributed by atoms with Gasteiger partial charge < -0.3 is 15.5 Å². The summed E-state index contributed by atoms with van der Waals surface area (Å²) < 4.78 is 0. The van der Waals surface area contributed by atoms with Gasteiger partial charge in [0.25, 0.3) is 0 Å². The third-order valence-electron chi connectivity index (χ3n) is 6.39. The maximum atomic E-state index is 12.9. The van der Waals surface area contributed by atoms with Gasteiger partial charge in [-0.2, -0.15) is 5.26 Å². The van der Waals surface area contributed by atoms with Crippen LogP contribution in [0.5, 0.6) is 0 Å². The van der Waals surface area contributed by atoms with E-state index >= 15 is 0 Å². The van der Waals surface area contributed by atoms with Crippen LogP contribution in [0.3, 0.4) is 0 Å². The summed E-state index contributed by atoms with van der Waals surface area (Å²) in [5.74, 6) is 0.642. The highest BCUT2D eigenvalue weighted by Gasteiger charge is 2.55. The Morgan fingerprint density at radius 3 is 2.56 bits per heavy atom. The van der Waals surface area contributed by atoms with Gasteiger partial charge in [-0.15, -0.1) is 0 Å². The first-order valence-corrected chi connectivity index (χ1v) is 9.87. The summed E-state index contributed by atoms with van der Waals surface area (Å²) >= 11 is 0. The van der Waals surface area contributed by atoms with Gasteiger partial charge in [0.2, 0.25) is 11.8 Å². The van der Waals surface area contributed by atoms with E-state index in [1.807, 2.05) is 35.2 Å². The van der Waals surface area contributed by atoms with Gasteiger partial charge in [0.1, 0.15) is 6.04 Å². The Balaban J connectivity index is 1.30. The summed E-state index contributed by atoms with van der Waals surface area (Å²) in [7, 11) is 0. The lowest BCUT2D eigenvalue weighted by molar-refractivity contribution is -0.136. The first-order valence-electron chi connectivity index (χ1n) is 9.87. The summed E-state index contributed by atoms with van der Waals surface area (Å²) in [6.45, 7) is 1.29. The van der Waals surface area contributed by atoms with Crippen LogP contribution in [-0.2, 0) is 16.0 Å². The summed E-state index contributed by atoms with van der Waals surface area (Å²) in [6, 6.07) is 11.4. The molecule has 3 aliphatic rings. The van der Waals surface area contributed by atoms with Gasteiger partial charge in [0.05, 0.1) is 18.5 Å². The van der Waals surface area contributed by atoms with E-state index in [-0.39, 0.29) is 29.8 Å². The monoisotopic (exact) mass is 366 g/mol. The lowest BCUT2D eigenvalue weighted by Gasteiger charge is -2.36. The van der Waals surface area contributed by atoms with Crippen molar-refractivity contribution < 1.29 is 9.59 Å². The van der Waals surface area contributed by atoms with Gasteiger partial charge >= 0.3 is 0 Å². The smallest absolute Gasteiger partial charge is 0.241 e. The predicted octanol–water partition coefficient (Wildman–Crippen LogP) is 1.31. The van der Waals surface area contributed by atoms with Crippen molar-refractivity contribution in [2.75, 3.05) is 13.1 Å². The summed E-state index contributed by atoms with van der Waals surface area (Å²) in [6.07, 6.45) is 3.71. The second kappa shape index (κ2) is 7.32. The second-order valence-electron chi connectivity index (χ2n) is 8.10. The number of nitriles is 1. The molecule has 2 N–H and O–H groups in total. The number of carbonyl (C=O) groups excluding carboxylic acids is 2. The van der Waals surface area contributed by atoms with Crippen LogP contribution < -0.4 is 5.73 Å². The van der Waals surface area contributed by atoms with E-state index in [2.05, 4.69) is 6.07 Å². The molecule has 0 aromatic heterocycles. The van der Waals surface area contributed by atoms with E-state index in [1.54, 1.807) is 4.90 Å². The minimum Gasteiger partial charge on any atom is -0.342 e. The Morgan fingerprint density at radius 2 is 1.89 bits per heavy atom. The van der Waals surface area contributed by atoms with Crippen LogP contribution in [0, 0.1) is 23.2 Å². The number of benzene rings is 1. The number of carbonyl (C=O) groups is 2. The second-order valence-corrected chi connectivity index (χ2v) is 8.10. The van der Waals surface area contributed by atoms with Crippen molar-refractivity contribution in [3.63, 3.8) is 0 Å². The summed E-state index contributed by atoms with van der Waals surface area (Å²) in [5.41, 5.74) is 7.33. The minimum atomic E-state index is -0.563. The fraction of sp³-hybridized carbons (Fsp3) is 0.571. The average Bonchev–Trinajstić information content (AvgIpc) is 3.37. The zero-order chi connectivity index (χ0) is 19.0.